The molecule has 1 aliphatic carbocycles. The number of sulfone groups is 1. The third kappa shape index (κ3) is 6.33. The van der Waals surface area contributed by atoms with Crippen molar-refractivity contribution >= 4 is 33.5 Å². The Hall–Kier alpha value is -0.760. The molecule has 0 aromatic rings. The van der Waals surface area contributed by atoms with Crippen LogP contribution in [0.1, 0.15) is 39.0 Å². The number of hydrogen-bond donors (Lipinski definition) is 1. The molecule has 0 bridgehead atoms. The van der Waals surface area contributed by atoms with Gasteiger partial charge in [-0.15, -0.1) is 11.8 Å². The second-order valence-electron chi connectivity index (χ2n) is 6.43. The minimum atomic E-state index is -2.93. The van der Waals surface area contributed by atoms with Crippen molar-refractivity contribution in [1.82, 2.24) is 5.32 Å². The Morgan fingerprint density at radius 3 is 2.61 bits per heavy atom. The van der Waals surface area contributed by atoms with Gasteiger partial charge in [-0.2, -0.15) is 0 Å². The normalized spacial score (nSPS) is 29.9. The van der Waals surface area contributed by atoms with Crippen molar-refractivity contribution in [1.29, 1.82) is 0 Å². The standard InChI is InChI=1S/C15H25NO5S2/c1-11-4-2-3-5-13(11)16-14(17)8-21-15(18)9-22-12-6-7-23(19,20)10-12/h11-13H,2-10H2,1H3,(H,16,17)/t11-,12-,13-/m1/s1. The highest BCUT2D eigenvalue weighted by Gasteiger charge is 2.29. The Kier molecular flexibility index (Phi) is 6.76. The predicted octanol–water partition coefficient (Wildman–Crippen LogP) is 1.14. The molecule has 3 atom stereocenters. The molecule has 23 heavy (non-hydrogen) atoms. The number of esters is 1. The molecule has 1 aliphatic heterocycles. The van der Waals surface area contributed by atoms with Gasteiger partial charge >= 0.3 is 5.97 Å². The first kappa shape index (κ1) is 18.6. The number of carbonyl (C=O) groups excluding carboxylic acids is 2. The summed E-state index contributed by atoms with van der Waals surface area (Å²) in [7, 11) is -2.93. The predicted molar refractivity (Wildman–Crippen MR) is 90.0 cm³/mol. The smallest absolute Gasteiger partial charge is 0.316 e. The summed E-state index contributed by atoms with van der Waals surface area (Å²) in [5, 5.41) is 2.89. The van der Waals surface area contributed by atoms with Crippen molar-refractivity contribution < 1.29 is 22.7 Å². The van der Waals surface area contributed by atoms with Crippen LogP contribution in [0.5, 0.6) is 0 Å². The monoisotopic (exact) mass is 363 g/mol. The van der Waals surface area contributed by atoms with Gasteiger partial charge in [0.2, 0.25) is 0 Å². The fraction of sp³-hybridized carbons (Fsp3) is 0.867. The second-order valence-corrected chi connectivity index (χ2v) is 9.95. The lowest BCUT2D eigenvalue weighted by atomic mass is 9.86. The molecule has 1 N–H and O–H groups in total. The van der Waals surface area contributed by atoms with E-state index >= 15 is 0 Å². The van der Waals surface area contributed by atoms with Gasteiger partial charge in [-0.1, -0.05) is 19.8 Å². The number of thioether (sulfide) groups is 1. The van der Waals surface area contributed by atoms with E-state index in [1.807, 2.05) is 0 Å². The molecule has 0 aromatic heterocycles. The molecule has 1 saturated heterocycles. The van der Waals surface area contributed by atoms with Gasteiger partial charge in [0.15, 0.2) is 16.4 Å². The van der Waals surface area contributed by atoms with E-state index in [2.05, 4.69) is 12.2 Å². The fourth-order valence-electron chi connectivity index (χ4n) is 3.05. The second kappa shape index (κ2) is 8.37. The van der Waals surface area contributed by atoms with E-state index in [9.17, 15) is 18.0 Å². The van der Waals surface area contributed by atoms with Crippen LogP contribution < -0.4 is 5.32 Å². The molecule has 0 radical (unpaired) electrons. The number of ether oxygens (including phenoxy) is 1. The lowest BCUT2D eigenvalue weighted by Gasteiger charge is -2.29. The van der Waals surface area contributed by atoms with Crippen molar-refractivity contribution in [2.24, 2.45) is 5.92 Å². The first-order valence-electron chi connectivity index (χ1n) is 8.13. The van der Waals surface area contributed by atoms with Crippen LogP contribution >= 0.6 is 11.8 Å². The van der Waals surface area contributed by atoms with Gasteiger partial charge in [0, 0.05) is 11.3 Å². The molecule has 2 fully saturated rings. The average Bonchev–Trinajstić information content (AvgIpc) is 2.85. The molecule has 1 saturated carbocycles. The molecule has 8 heteroatoms. The van der Waals surface area contributed by atoms with Gasteiger partial charge in [0.25, 0.3) is 5.91 Å². The Morgan fingerprint density at radius 2 is 1.96 bits per heavy atom. The Bertz CT molecular complexity index is 534. The molecule has 0 spiro atoms. The van der Waals surface area contributed by atoms with Crippen LogP contribution in [0.15, 0.2) is 0 Å². The lowest BCUT2D eigenvalue weighted by Crippen LogP contribution is -2.43. The maximum Gasteiger partial charge on any atom is 0.316 e. The molecule has 1 heterocycles. The molecular weight excluding hydrogens is 338 g/mol. The van der Waals surface area contributed by atoms with Crippen molar-refractivity contribution in [3.05, 3.63) is 0 Å². The van der Waals surface area contributed by atoms with Gasteiger partial charge in [0.1, 0.15) is 0 Å². The van der Waals surface area contributed by atoms with E-state index in [4.69, 9.17) is 4.74 Å². The van der Waals surface area contributed by atoms with E-state index in [0.29, 0.717) is 12.3 Å². The maximum atomic E-state index is 11.8. The molecule has 0 unspecified atom stereocenters. The fourth-order valence-corrected chi connectivity index (χ4v) is 6.48. The SMILES string of the molecule is C[C@@H]1CCCC[C@H]1NC(=O)COC(=O)CS[C@@H]1CCS(=O)(=O)C1. The van der Waals surface area contributed by atoms with Crippen molar-refractivity contribution in [3.63, 3.8) is 0 Å². The summed E-state index contributed by atoms with van der Waals surface area (Å²) in [6.45, 7) is 1.87. The maximum absolute atomic E-state index is 11.8. The van der Waals surface area contributed by atoms with Crippen LogP contribution in [0.2, 0.25) is 0 Å². The highest BCUT2D eigenvalue weighted by Crippen LogP contribution is 2.24. The van der Waals surface area contributed by atoms with E-state index in [1.165, 1.54) is 18.2 Å². The summed E-state index contributed by atoms with van der Waals surface area (Å²) < 4.78 is 27.6. The van der Waals surface area contributed by atoms with Gasteiger partial charge in [-0.05, 0) is 25.2 Å². The van der Waals surface area contributed by atoms with Gasteiger partial charge < -0.3 is 10.1 Å². The number of hydrogen-bond acceptors (Lipinski definition) is 6. The average molecular weight is 364 g/mol. The van der Waals surface area contributed by atoms with Crippen LogP contribution in [0.25, 0.3) is 0 Å². The zero-order chi connectivity index (χ0) is 16.9. The van der Waals surface area contributed by atoms with Gasteiger partial charge in [0.05, 0.1) is 17.3 Å². The molecule has 1 amide bonds. The summed E-state index contributed by atoms with van der Waals surface area (Å²) in [5.41, 5.74) is 0. The number of nitrogens with one attached hydrogen (secondary N) is 1. The van der Waals surface area contributed by atoms with E-state index in [1.54, 1.807) is 0 Å². The first-order chi connectivity index (χ1) is 10.9. The Labute approximate surface area is 142 Å². The minimum absolute atomic E-state index is 0.0375. The topological polar surface area (TPSA) is 89.5 Å². The van der Waals surface area contributed by atoms with Crippen LogP contribution in [0, 0.1) is 5.92 Å². The van der Waals surface area contributed by atoms with E-state index < -0.39 is 15.8 Å². The van der Waals surface area contributed by atoms with Gasteiger partial charge in [-0.25, -0.2) is 8.42 Å². The summed E-state index contributed by atoms with van der Waals surface area (Å²) in [6, 6.07) is 0.174. The summed E-state index contributed by atoms with van der Waals surface area (Å²) >= 11 is 1.30. The molecule has 2 rings (SSSR count). The first-order valence-corrected chi connectivity index (χ1v) is 11.0. The molecule has 2 aliphatic rings. The summed E-state index contributed by atoms with van der Waals surface area (Å²) in [5.74, 6) is 0.153. The third-order valence-electron chi connectivity index (χ3n) is 4.45. The van der Waals surface area contributed by atoms with Crippen LogP contribution in [-0.2, 0) is 24.2 Å². The van der Waals surface area contributed by atoms with Gasteiger partial charge in [-0.3, -0.25) is 9.59 Å². The van der Waals surface area contributed by atoms with Crippen LogP contribution in [0.3, 0.4) is 0 Å². The summed E-state index contributed by atoms with van der Waals surface area (Å²) in [4.78, 5) is 23.5. The van der Waals surface area contributed by atoms with Crippen molar-refractivity contribution in [3.8, 4) is 0 Å². The lowest BCUT2D eigenvalue weighted by molar-refractivity contribution is -0.146. The largest absolute Gasteiger partial charge is 0.455 e. The molecular formula is C15H25NO5S2. The number of rotatable bonds is 6. The van der Waals surface area contributed by atoms with E-state index in [-0.39, 0.29) is 41.1 Å². The highest BCUT2D eigenvalue weighted by molar-refractivity contribution is 8.02. The van der Waals surface area contributed by atoms with E-state index in [0.717, 1.165) is 19.3 Å². The van der Waals surface area contributed by atoms with Crippen LogP contribution in [0.4, 0.5) is 0 Å². The zero-order valence-electron chi connectivity index (χ0n) is 13.5. The zero-order valence-corrected chi connectivity index (χ0v) is 15.1. The third-order valence-corrected chi connectivity index (χ3v) is 7.70. The Morgan fingerprint density at radius 1 is 1.22 bits per heavy atom. The quantitative estimate of drug-likeness (QED) is 0.712. The Balaban J connectivity index is 1.61. The number of carbonyl (C=O) groups is 2. The highest BCUT2D eigenvalue weighted by atomic mass is 32.2. The van der Waals surface area contributed by atoms with Crippen molar-refractivity contribution in [2.45, 2.75) is 50.3 Å². The summed E-state index contributed by atoms with van der Waals surface area (Å²) in [6.07, 6.45) is 5.01. The number of amides is 1. The molecule has 132 valence electrons. The van der Waals surface area contributed by atoms with Crippen LogP contribution in [-0.4, -0.2) is 55.5 Å². The molecule has 6 nitrogen and oxygen atoms in total. The minimum Gasteiger partial charge on any atom is -0.455 e. The molecule has 0 aromatic carbocycles. The van der Waals surface area contributed by atoms with Crippen molar-refractivity contribution in [2.75, 3.05) is 23.9 Å².